The fourth-order valence-corrected chi connectivity index (χ4v) is 7.05. The normalized spacial score (nSPS) is 30.0. The largest absolute Gasteiger partial charge is 0.459 e. The zero-order chi connectivity index (χ0) is 35.1. The summed E-state index contributed by atoms with van der Waals surface area (Å²) in [5.41, 5.74) is 1.81. The molecule has 3 fully saturated rings. The van der Waals surface area contributed by atoms with Crippen LogP contribution in [0.2, 0.25) is 0 Å². The van der Waals surface area contributed by atoms with Crippen LogP contribution in [0.4, 0.5) is 0 Å². The number of benzene rings is 1. The summed E-state index contributed by atoms with van der Waals surface area (Å²) in [7, 11) is -3.25. The molecule has 0 unspecified atom stereocenters. The highest BCUT2D eigenvalue weighted by atomic mass is 32.2. The van der Waals surface area contributed by atoms with Gasteiger partial charge in [0.25, 0.3) is 0 Å². The van der Waals surface area contributed by atoms with Crippen LogP contribution in [0.15, 0.2) is 65.1 Å². The Balaban J connectivity index is 1.22. The molecular weight excluding hydrogens is 634 g/mol. The first-order chi connectivity index (χ1) is 22.6. The molecular formula is C37H51NO9S. The Morgan fingerprint density at radius 2 is 1.79 bits per heavy atom. The number of Topliss-reactive ketones (excluding diaryl/α,β-unsaturated/α-hetero) is 1. The molecule has 0 aromatic heterocycles. The lowest BCUT2D eigenvalue weighted by Gasteiger charge is -2.39. The van der Waals surface area contributed by atoms with E-state index >= 15 is 0 Å². The van der Waals surface area contributed by atoms with E-state index < -0.39 is 21.9 Å². The molecule has 264 valence electrons. The highest BCUT2D eigenvalue weighted by Gasteiger charge is 2.51. The maximum Gasteiger partial charge on any atom is 0.303 e. The second-order valence-electron chi connectivity index (χ2n) is 13.8. The summed E-state index contributed by atoms with van der Waals surface area (Å²) in [5, 5.41) is 3.02. The predicted octanol–water partition coefficient (Wildman–Crippen LogP) is 5.00. The van der Waals surface area contributed by atoms with Gasteiger partial charge in [0.15, 0.2) is 9.84 Å². The molecule has 0 saturated carbocycles. The van der Waals surface area contributed by atoms with Crippen LogP contribution in [-0.4, -0.2) is 81.1 Å². The molecule has 4 rings (SSSR count). The number of nitrogens with one attached hydrogen (secondary N) is 1. The van der Waals surface area contributed by atoms with E-state index in [1.54, 1.807) is 37.3 Å². The van der Waals surface area contributed by atoms with Crippen LogP contribution in [0, 0.1) is 5.92 Å². The Labute approximate surface area is 285 Å². The third-order valence-electron chi connectivity index (χ3n) is 9.25. The fraction of sp³-hybridized carbons (Fsp3) is 0.595. The van der Waals surface area contributed by atoms with Crippen molar-refractivity contribution < 1.29 is 41.7 Å². The number of amides is 1. The first-order valence-electron chi connectivity index (χ1n) is 16.9. The topological polar surface area (TPSA) is 138 Å². The van der Waals surface area contributed by atoms with Crippen LogP contribution in [0.3, 0.4) is 0 Å². The van der Waals surface area contributed by atoms with Crippen molar-refractivity contribution in [3.8, 4) is 0 Å². The van der Waals surface area contributed by atoms with Crippen molar-refractivity contribution >= 4 is 27.5 Å². The van der Waals surface area contributed by atoms with Crippen LogP contribution in [0.1, 0.15) is 78.7 Å². The summed E-state index contributed by atoms with van der Waals surface area (Å²) < 4.78 is 46.9. The zero-order valence-corrected chi connectivity index (χ0v) is 29.8. The van der Waals surface area contributed by atoms with Crippen molar-refractivity contribution in [1.82, 2.24) is 5.32 Å². The van der Waals surface area contributed by atoms with E-state index in [-0.39, 0.29) is 58.6 Å². The number of hydrogen-bond donors (Lipinski definition) is 1. The molecule has 48 heavy (non-hydrogen) atoms. The van der Waals surface area contributed by atoms with Gasteiger partial charge in [0.2, 0.25) is 5.91 Å². The highest BCUT2D eigenvalue weighted by Crippen LogP contribution is 2.43. The molecule has 1 aromatic rings. The Bertz CT molecular complexity index is 1490. The number of aryl methyl sites for hydroxylation is 1. The molecule has 3 saturated heterocycles. The van der Waals surface area contributed by atoms with Gasteiger partial charge in [0.1, 0.15) is 11.9 Å². The van der Waals surface area contributed by atoms with Crippen LogP contribution < -0.4 is 5.32 Å². The first kappa shape index (κ1) is 37.7. The summed E-state index contributed by atoms with van der Waals surface area (Å²) in [4.78, 5) is 36.6. The molecule has 0 aliphatic carbocycles. The Morgan fingerprint density at radius 1 is 1.08 bits per heavy atom. The number of hydrogen-bond acceptors (Lipinski definition) is 9. The molecule has 3 aliphatic heterocycles. The maximum atomic E-state index is 12.9. The minimum absolute atomic E-state index is 0.0260. The summed E-state index contributed by atoms with van der Waals surface area (Å²) in [6.45, 7) is 9.88. The summed E-state index contributed by atoms with van der Waals surface area (Å²) >= 11 is 0. The zero-order valence-electron chi connectivity index (χ0n) is 29.0. The average Bonchev–Trinajstić information content (AvgIpc) is 3.75. The maximum absolute atomic E-state index is 12.9. The van der Waals surface area contributed by atoms with Crippen molar-refractivity contribution in [3.63, 3.8) is 0 Å². The molecule has 3 heterocycles. The molecule has 3 aliphatic rings. The average molecular weight is 686 g/mol. The number of sulfone groups is 1. The van der Waals surface area contributed by atoms with Crippen molar-refractivity contribution in [3.05, 3.63) is 65.8 Å². The number of epoxide rings is 1. The second-order valence-corrected chi connectivity index (χ2v) is 15.8. The molecule has 0 radical (unpaired) electrons. The summed E-state index contributed by atoms with van der Waals surface area (Å²) in [6.07, 6.45) is 13.7. The fourth-order valence-electron chi connectivity index (χ4n) is 6.42. The lowest BCUT2D eigenvalue weighted by molar-refractivity contribution is -0.143. The van der Waals surface area contributed by atoms with Crippen LogP contribution in [-0.2, 0) is 49.6 Å². The van der Waals surface area contributed by atoms with Gasteiger partial charge in [-0.05, 0) is 69.7 Å². The third-order valence-corrected chi connectivity index (χ3v) is 10.4. The molecule has 1 amide bonds. The van der Waals surface area contributed by atoms with Crippen LogP contribution >= 0.6 is 0 Å². The van der Waals surface area contributed by atoms with Gasteiger partial charge in [0, 0.05) is 44.9 Å². The lowest BCUT2D eigenvalue weighted by atomic mass is 9.88. The number of esters is 1. The summed E-state index contributed by atoms with van der Waals surface area (Å²) in [6, 6.07) is 6.58. The van der Waals surface area contributed by atoms with E-state index in [4.69, 9.17) is 18.9 Å². The van der Waals surface area contributed by atoms with Gasteiger partial charge in [-0.2, -0.15) is 0 Å². The molecule has 1 spiro atoms. The van der Waals surface area contributed by atoms with Gasteiger partial charge in [-0.25, -0.2) is 8.42 Å². The minimum atomic E-state index is -3.25. The number of ketones is 1. The van der Waals surface area contributed by atoms with Crippen molar-refractivity contribution in [2.24, 2.45) is 5.92 Å². The minimum Gasteiger partial charge on any atom is -0.459 e. The van der Waals surface area contributed by atoms with E-state index in [0.717, 1.165) is 30.4 Å². The molecule has 8 atom stereocenters. The number of rotatable bonds is 14. The number of ether oxygens (including phenoxy) is 4. The Hall–Kier alpha value is -3.12. The van der Waals surface area contributed by atoms with Crippen molar-refractivity contribution in [2.45, 2.75) is 127 Å². The van der Waals surface area contributed by atoms with Crippen molar-refractivity contribution in [2.75, 3.05) is 12.9 Å². The van der Waals surface area contributed by atoms with E-state index in [0.29, 0.717) is 32.3 Å². The number of carbonyl (C=O) groups is 3. The van der Waals surface area contributed by atoms with Gasteiger partial charge >= 0.3 is 5.97 Å². The number of carbonyl (C=O) groups excluding carboxylic acids is 3. The molecule has 0 bridgehead atoms. The van der Waals surface area contributed by atoms with E-state index in [9.17, 15) is 22.8 Å². The molecule has 11 heteroatoms. The molecule has 1 aromatic carbocycles. The Kier molecular flexibility index (Phi) is 13.0. The monoisotopic (exact) mass is 685 g/mol. The standard InChI is InChI=1S/C37H51NO9S/c1-24(8-17-35-25(2)19-34(27(4)46-35)38-36(41)18-9-26(3)45-28(5)39)7-14-31-21-37(23-44-37)22-32(47-31)20-30(40)13-10-29-11-15-33(16-12-29)48(6,42)43/h7-9,11-12,14-16,18,25-27,31-32,34-35H,10,13,17,19-23H2,1-6H3,(H,38,41)/b14-7+,18-9-,24-8+/t25-,26-,27+,31+,32+,34+,35-,37+/m0/s1. The van der Waals surface area contributed by atoms with Crippen LogP contribution in [0.5, 0.6) is 0 Å². The summed E-state index contributed by atoms with van der Waals surface area (Å²) in [5.74, 6) is -0.280. The van der Waals surface area contributed by atoms with Gasteiger partial charge in [-0.3, -0.25) is 14.4 Å². The lowest BCUT2D eigenvalue weighted by Crippen LogP contribution is -2.50. The van der Waals surface area contributed by atoms with Crippen molar-refractivity contribution in [1.29, 1.82) is 0 Å². The highest BCUT2D eigenvalue weighted by molar-refractivity contribution is 7.90. The van der Waals surface area contributed by atoms with Crippen LogP contribution in [0.25, 0.3) is 0 Å². The van der Waals surface area contributed by atoms with E-state index in [1.165, 1.54) is 19.3 Å². The predicted molar refractivity (Wildman–Crippen MR) is 182 cm³/mol. The molecule has 10 nitrogen and oxygen atoms in total. The van der Waals surface area contributed by atoms with Gasteiger partial charge in [-0.1, -0.05) is 42.9 Å². The quantitative estimate of drug-likeness (QED) is 0.124. The third kappa shape index (κ3) is 11.8. The van der Waals surface area contributed by atoms with E-state index in [1.807, 2.05) is 6.92 Å². The SMILES string of the molecule is CC(=O)O[C@@H](C)/C=C\C(=O)N[C@@H]1C[C@H](C)[C@H](C/C=C(C)/C=C/[C@@H]2C[C@]3(CO3)C[C@@H](CC(=O)CCc3ccc(S(C)(=O)=O)cc3)O2)O[C@@H]1C. The van der Waals surface area contributed by atoms with Gasteiger partial charge in [0.05, 0.1) is 47.6 Å². The second kappa shape index (κ2) is 16.5. The molecule has 1 N–H and O–H groups in total. The van der Waals surface area contributed by atoms with E-state index in [2.05, 4.69) is 37.4 Å². The smallest absolute Gasteiger partial charge is 0.303 e. The number of allylic oxidation sites excluding steroid dienone is 2. The first-order valence-corrected chi connectivity index (χ1v) is 18.8. The van der Waals surface area contributed by atoms with Gasteiger partial charge in [-0.15, -0.1) is 0 Å². The van der Waals surface area contributed by atoms with Gasteiger partial charge < -0.3 is 24.3 Å². The Morgan fingerprint density at radius 3 is 2.44 bits per heavy atom.